The van der Waals surface area contributed by atoms with Crippen LogP contribution in [-0.4, -0.2) is 24.5 Å². The van der Waals surface area contributed by atoms with Crippen molar-refractivity contribution in [1.29, 1.82) is 0 Å². The lowest BCUT2D eigenvalue weighted by molar-refractivity contribution is -0.115. The van der Waals surface area contributed by atoms with Crippen LogP contribution in [0.3, 0.4) is 0 Å². The lowest BCUT2D eigenvalue weighted by atomic mass is 10.2. The molecule has 11 heteroatoms. The largest absolute Gasteiger partial charge is 0.301 e. The van der Waals surface area contributed by atoms with Gasteiger partial charge in [0.2, 0.25) is 11.0 Å². The number of anilines is 2. The molecule has 0 aliphatic heterocycles. The van der Waals surface area contributed by atoms with Crippen molar-refractivity contribution in [3.8, 4) is 0 Å². The minimum Gasteiger partial charge on any atom is -0.301 e. The Bertz CT molecular complexity index is 1100. The minimum atomic E-state index is -3.93. The predicted octanol–water partition coefficient (Wildman–Crippen LogP) is 4.63. The Balaban J connectivity index is 1.74. The first-order valence-electron chi connectivity index (χ1n) is 8.50. The van der Waals surface area contributed by atoms with E-state index in [0.29, 0.717) is 16.5 Å². The van der Waals surface area contributed by atoms with Gasteiger partial charge in [0.25, 0.3) is 14.4 Å². The molecular weight excluding hydrogens is 452 g/mol. The summed E-state index contributed by atoms with van der Waals surface area (Å²) < 4.78 is 27.7. The van der Waals surface area contributed by atoms with Crippen molar-refractivity contribution in [1.82, 2.24) is 10.2 Å². The number of hydrogen-bond acceptors (Lipinski definition) is 7. The van der Waals surface area contributed by atoms with Crippen molar-refractivity contribution in [3.05, 3.63) is 59.1 Å². The van der Waals surface area contributed by atoms with E-state index in [2.05, 4.69) is 20.2 Å². The molecule has 0 aliphatic rings. The summed E-state index contributed by atoms with van der Waals surface area (Å²) in [5.41, 5.74) is 1.51. The molecule has 0 saturated carbocycles. The van der Waals surface area contributed by atoms with Gasteiger partial charge in [-0.1, -0.05) is 54.1 Å². The number of halogens is 1. The predicted molar refractivity (Wildman–Crippen MR) is 117 cm³/mol. The van der Waals surface area contributed by atoms with E-state index in [-0.39, 0.29) is 21.8 Å². The van der Waals surface area contributed by atoms with Gasteiger partial charge in [0, 0.05) is 22.1 Å². The molecule has 0 aliphatic carbocycles. The van der Waals surface area contributed by atoms with Gasteiger partial charge in [-0.2, -0.15) is 8.42 Å². The van der Waals surface area contributed by atoms with Gasteiger partial charge in [0.1, 0.15) is 0 Å². The van der Waals surface area contributed by atoms with E-state index >= 15 is 0 Å². The average molecular weight is 469 g/mol. The standard InChI is InChI=1S/C18H17ClN4O3S3/c1-2-16(24)20-17-21-22-18(28-17)29(25,26)23-14-5-3-4-6-15(14)27-11-12-7-9-13(19)10-8-12/h3-10,23H,2,11H2,1H3,(H,20,21,24). The molecule has 1 heterocycles. The van der Waals surface area contributed by atoms with Crippen molar-refractivity contribution in [2.75, 3.05) is 10.0 Å². The van der Waals surface area contributed by atoms with Crippen LogP contribution < -0.4 is 10.0 Å². The second-order valence-electron chi connectivity index (χ2n) is 5.79. The average Bonchev–Trinajstić information content (AvgIpc) is 3.17. The molecule has 0 saturated heterocycles. The van der Waals surface area contributed by atoms with Crippen molar-refractivity contribution in [2.45, 2.75) is 28.3 Å². The number of aromatic nitrogens is 2. The Hall–Kier alpha value is -2.14. The zero-order valence-corrected chi connectivity index (χ0v) is 18.5. The molecule has 2 aromatic carbocycles. The fourth-order valence-corrected chi connectivity index (χ4v) is 5.34. The lowest BCUT2D eigenvalue weighted by Gasteiger charge is -2.11. The molecule has 3 aromatic rings. The van der Waals surface area contributed by atoms with E-state index in [9.17, 15) is 13.2 Å². The van der Waals surface area contributed by atoms with Gasteiger partial charge in [-0.3, -0.25) is 9.52 Å². The molecule has 7 nitrogen and oxygen atoms in total. The van der Waals surface area contributed by atoms with Gasteiger partial charge < -0.3 is 5.32 Å². The topological polar surface area (TPSA) is 101 Å². The van der Waals surface area contributed by atoms with Crippen LogP contribution >= 0.6 is 34.7 Å². The molecular formula is C18H17ClN4O3S3. The smallest absolute Gasteiger partial charge is 0.291 e. The van der Waals surface area contributed by atoms with Gasteiger partial charge in [-0.25, -0.2) is 0 Å². The lowest BCUT2D eigenvalue weighted by Crippen LogP contribution is -2.13. The molecule has 0 bridgehead atoms. The molecule has 0 radical (unpaired) electrons. The maximum atomic E-state index is 12.7. The number of rotatable bonds is 8. The van der Waals surface area contributed by atoms with Crippen LogP contribution in [0.2, 0.25) is 5.02 Å². The highest BCUT2D eigenvalue weighted by Crippen LogP contribution is 2.32. The number of nitrogens with one attached hydrogen (secondary N) is 2. The minimum absolute atomic E-state index is 0.141. The summed E-state index contributed by atoms with van der Waals surface area (Å²) in [6.07, 6.45) is 0.262. The monoisotopic (exact) mass is 468 g/mol. The molecule has 152 valence electrons. The molecule has 1 aromatic heterocycles. The number of benzene rings is 2. The normalized spacial score (nSPS) is 11.2. The third-order valence-corrected chi connectivity index (χ3v) is 7.61. The van der Waals surface area contributed by atoms with Crippen LogP contribution in [0.1, 0.15) is 18.9 Å². The van der Waals surface area contributed by atoms with E-state index in [0.717, 1.165) is 21.8 Å². The maximum Gasteiger partial charge on any atom is 0.291 e. The zero-order chi connectivity index (χ0) is 20.9. The summed E-state index contributed by atoms with van der Waals surface area (Å²) in [6, 6.07) is 14.6. The van der Waals surface area contributed by atoms with Crippen molar-refractivity contribution < 1.29 is 13.2 Å². The van der Waals surface area contributed by atoms with Gasteiger partial charge in [0.05, 0.1) is 5.69 Å². The highest BCUT2D eigenvalue weighted by molar-refractivity contribution is 7.99. The summed E-state index contributed by atoms with van der Waals surface area (Å²) >= 11 is 8.20. The Morgan fingerprint density at radius 1 is 1.14 bits per heavy atom. The molecule has 1 amide bonds. The molecule has 0 atom stereocenters. The first kappa shape index (κ1) is 21.6. The number of nitrogens with zero attached hydrogens (tertiary/aromatic N) is 2. The van der Waals surface area contributed by atoms with Gasteiger partial charge in [-0.05, 0) is 29.8 Å². The van der Waals surface area contributed by atoms with Crippen LogP contribution in [0.5, 0.6) is 0 Å². The highest BCUT2D eigenvalue weighted by Gasteiger charge is 2.22. The third kappa shape index (κ3) is 5.92. The molecule has 0 unspecified atom stereocenters. The van der Waals surface area contributed by atoms with E-state index in [4.69, 9.17) is 11.6 Å². The summed E-state index contributed by atoms with van der Waals surface area (Å²) in [6.45, 7) is 1.69. The Kier molecular flexibility index (Phi) is 7.12. The molecule has 3 rings (SSSR count). The fraction of sp³-hybridized carbons (Fsp3) is 0.167. The number of amides is 1. The van der Waals surface area contributed by atoms with Crippen LogP contribution in [0, 0.1) is 0 Å². The summed E-state index contributed by atoms with van der Waals surface area (Å²) in [4.78, 5) is 12.2. The SMILES string of the molecule is CCC(=O)Nc1nnc(S(=O)(=O)Nc2ccccc2SCc2ccc(Cl)cc2)s1. The second kappa shape index (κ2) is 9.57. The van der Waals surface area contributed by atoms with Crippen LogP contribution in [0.15, 0.2) is 57.8 Å². The van der Waals surface area contributed by atoms with Crippen molar-refractivity contribution in [3.63, 3.8) is 0 Å². The Labute approximate surface area is 182 Å². The number of hydrogen-bond donors (Lipinski definition) is 2. The van der Waals surface area contributed by atoms with Crippen LogP contribution in [-0.2, 0) is 20.6 Å². The highest BCUT2D eigenvalue weighted by atomic mass is 35.5. The van der Waals surface area contributed by atoms with Crippen LogP contribution in [0.4, 0.5) is 10.8 Å². The molecule has 0 fully saturated rings. The summed E-state index contributed by atoms with van der Waals surface area (Å²) in [5, 5.41) is 10.7. The fourth-order valence-electron chi connectivity index (χ4n) is 2.18. The molecule has 2 N–H and O–H groups in total. The summed E-state index contributed by atoms with van der Waals surface area (Å²) in [5.74, 6) is 0.393. The maximum absolute atomic E-state index is 12.7. The molecule has 0 spiro atoms. The number of para-hydroxylation sites is 1. The van der Waals surface area contributed by atoms with Crippen molar-refractivity contribution >= 4 is 61.4 Å². The second-order valence-corrected chi connectivity index (χ2v) is 10.1. The third-order valence-electron chi connectivity index (χ3n) is 3.64. The Morgan fingerprint density at radius 2 is 1.86 bits per heavy atom. The van der Waals surface area contributed by atoms with E-state index in [1.807, 2.05) is 36.4 Å². The van der Waals surface area contributed by atoms with E-state index < -0.39 is 10.0 Å². The van der Waals surface area contributed by atoms with Gasteiger partial charge in [-0.15, -0.1) is 22.0 Å². The molecule has 29 heavy (non-hydrogen) atoms. The first-order chi connectivity index (χ1) is 13.9. The summed E-state index contributed by atoms with van der Waals surface area (Å²) in [7, 11) is -3.93. The first-order valence-corrected chi connectivity index (χ1v) is 12.2. The number of sulfonamides is 1. The van der Waals surface area contributed by atoms with Gasteiger partial charge >= 0.3 is 0 Å². The van der Waals surface area contributed by atoms with Crippen LogP contribution in [0.25, 0.3) is 0 Å². The zero-order valence-electron chi connectivity index (χ0n) is 15.3. The quantitative estimate of drug-likeness (QED) is 0.369. The van der Waals surface area contributed by atoms with E-state index in [1.165, 1.54) is 11.8 Å². The number of carbonyl (C=O) groups excluding carboxylic acids is 1. The van der Waals surface area contributed by atoms with Crippen molar-refractivity contribution in [2.24, 2.45) is 0 Å². The Morgan fingerprint density at radius 3 is 2.59 bits per heavy atom. The van der Waals surface area contributed by atoms with Gasteiger partial charge in [0.15, 0.2) is 0 Å². The number of thioether (sulfide) groups is 1. The number of carbonyl (C=O) groups is 1. The van der Waals surface area contributed by atoms with E-state index in [1.54, 1.807) is 19.1 Å².